The lowest BCUT2D eigenvalue weighted by molar-refractivity contribution is -0.210. The molecule has 1 saturated carbocycles. The summed E-state index contributed by atoms with van der Waals surface area (Å²) in [5, 5.41) is 3.01. The molecule has 0 radical (unpaired) electrons. The summed E-state index contributed by atoms with van der Waals surface area (Å²) >= 11 is 0. The first-order valence-corrected chi connectivity index (χ1v) is 10.8. The van der Waals surface area contributed by atoms with Crippen molar-refractivity contribution in [3.05, 3.63) is 42.0 Å². The summed E-state index contributed by atoms with van der Waals surface area (Å²) in [5.41, 5.74) is 0.591. The number of hydrogen-bond donors (Lipinski definition) is 1. The standard InChI is InChI=1S/C22H30F3N5O3/c1-4-29(10-9-28(2)3)18(31)13-26-12-17-11-16(5-8-27-17)19-30(20(32)22(23,24)25)14-21(6-7-21)15-33-19/h5,8-11,19,26H,4,6-7,12-15H2,1-3H3/b10-9+. The second-order valence-electron chi connectivity index (χ2n) is 8.72. The number of nitrogens with zero attached hydrogens (tertiary/aromatic N) is 4. The van der Waals surface area contributed by atoms with Gasteiger partial charge in [-0.1, -0.05) is 0 Å². The van der Waals surface area contributed by atoms with Crippen molar-refractivity contribution in [1.82, 2.24) is 25.0 Å². The van der Waals surface area contributed by atoms with Gasteiger partial charge in [0.15, 0.2) is 6.23 Å². The maximum Gasteiger partial charge on any atom is 0.471 e. The van der Waals surface area contributed by atoms with Crippen molar-refractivity contribution >= 4 is 11.8 Å². The van der Waals surface area contributed by atoms with Gasteiger partial charge < -0.3 is 24.8 Å². The van der Waals surface area contributed by atoms with Gasteiger partial charge >= 0.3 is 12.1 Å². The zero-order chi connectivity index (χ0) is 24.2. The summed E-state index contributed by atoms with van der Waals surface area (Å²) in [6, 6.07) is 3.15. The van der Waals surface area contributed by atoms with Crippen molar-refractivity contribution in [2.45, 2.75) is 38.7 Å². The number of amides is 2. The Morgan fingerprint density at radius 1 is 1.33 bits per heavy atom. The van der Waals surface area contributed by atoms with E-state index in [2.05, 4.69) is 10.3 Å². The van der Waals surface area contributed by atoms with Gasteiger partial charge in [-0.25, -0.2) is 0 Å². The third kappa shape index (κ3) is 6.44. The van der Waals surface area contributed by atoms with Crippen LogP contribution in [0, 0.1) is 5.41 Å². The van der Waals surface area contributed by atoms with Crippen LogP contribution < -0.4 is 5.32 Å². The molecular formula is C22H30F3N5O3. The monoisotopic (exact) mass is 469 g/mol. The fraction of sp³-hybridized carbons (Fsp3) is 0.591. The SMILES string of the molecule is CCN(/C=C/N(C)C)C(=O)CNCc1cc(C2OCC3(CC3)CN2C(=O)C(F)(F)F)ccn1. The lowest BCUT2D eigenvalue weighted by Crippen LogP contribution is -2.50. The van der Waals surface area contributed by atoms with E-state index in [1.54, 1.807) is 29.4 Å². The van der Waals surface area contributed by atoms with Crippen molar-refractivity contribution in [3.8, 4) is 0 Å². The highest BCUT2D eigenvalue weighted by atomic mass is 19.4. The maximum absolute atomic E-state index is 13.2. The average molecular weight is 470 g/mol. The van der Waals surface area contributed by atoms with Crippen molar-refractivity contribution < 1.29 is 27.5 Å². The van der Waals surface area contributed by atoms with Crippen LogP contribution in [-0.4, -0.2) is 78.0 Å². The van der Waals surface area contributed by atoms with Crippen LogP contribution in [0.1, 0.15) is 37.3 Å². The molecule has 8 nitrogen and oxygen atoms in total. The summed E-state index contributed by atoms with van der Waals surface area (Å²) in [6.07, 6.45) is 0.338. The number of hydrogen-bond acceptors (Lipinski definition) is 6. The molecule has 1 spiro atoms. The first kappa shape index (κ1) is 25.0. The quantitative estimate of drug-likeness (QED) is 0.630. The zero-order valence-electron chi connectivity index (χ0n) is 19.1. The van der Waals surface area contributed by atoms with E-state index in [0.717, 1.165) is 17.7 Å². The van der Waals surface area contributed by atoms with E-state index in [0.29, 0.717) is 24.4 Å². The number of ether oxygens (including phenoxy) is 1. The third-order valence-corrected chi connectivity index (χ3v) is 5.71. The summed E-state index contributed by atoms with van der Waals surface area (Å²) in [6.45, 7) is 3.02. The molecular weight excluding hydrogens is 439 g/mol. The molecule has 0 aromatic carbocycles. The first-order valence-electron chi connectivity index (χ1n) is 10.8. The molecule has 1 saturated heterocycles. The molecule has 1 aromatic heterocycles. The van der Waals surface area contributed by atoms with Crippen LogP contribution in [0.4, 0.5) is 13.2 Å². The van der Waals surface area contributed by atoms with Crippen LogP contribution in [0.5, 0.6) is 0 Å². The van der Waals surface area contributed by atoms with Gasteiger partial charge in [0.2, 0.25) is 5.91 Å². The Labute approximate surface area is 191 Å². The molecule has 2 amide bonds. The Kier molecular flexibility index (Phi) is 7.63. The topological polar surface area (TPSA) is 78.0 Å². The maximum atomic E-state index is 13.2. The predicted molar refractivity (Wildman–Crippen MR) is 114 cm³/mol. The smallest absolute Gasteiger partial charge is 0.382 e. The molecule has 0 bridgehead atoms. The average Bonchev–Trinajstić information content (AvgIpc) is 3.51. The normalized spacial score (nSPS) is 19.7. The summed E-state index contributed by atoms with van der Waals surface area (Å²) < 4.78 is 45.3. The molecule has 182 valence electrons. The molecule has 33 heavy (non-hydrogen) atoms. The fourth-order valence-corrected chi connectivity index (χ4v) is 3.66. The number of carbonyl (C=O) groups excluding carboxylic acids is 2. The van der Waals surface area contributed by atoms with Gasteiger partial charge in [-0.3, -0.25) is 14.6 Å². The summed E-state index contributed by atoms with van der Waals surface area (Å²) in [7, 11) is 3.71. The van der Waals surface area contributed by atoms with Gasteiger partial charge in [0, 0.05) is 63.3 Å². The summed E-state index contributed by atoms with van der Waals surface area (Å²) in [4.78, 5) is 32.9. The predicted octanol–water partition coefficient (Wildman–Crippen LogP) is 2.25. The van der Waals surface area contributed by atoms with E-state index in [1.165, 1.54) is 6.20 Å². The van der Waals surface area contributed by atoms with Gasteiger partial charge in [-0.2, -0.15) is 13.2 Å². The molecule has 2 heterocycles. The Bertz CT molecular complexity index is 886. The Morgan fingerprint density at radius 2 is 2.06 bits per heavy atom. The second kappa shape index (κ2) is 10.1. The Balaban J connectivity index is 1.64. The van der Waals surface area contributed by atoms with Crippen LogP contribution in [0.3, 0.4) is 0 Å². The number of rotatable bonds is 8. The number of carbonyl (C=O) groups is 2. The minimum atomic E-state index is -4.97. The molecule has 1 aliphatic heterocycles. The van der Waals surface area contributed by atoms with Crippen LogP contribution in [0.15, 0.2) is 30.7 Å². The van der Waals surface area contributed by atoms with Gasteiger partial charge in [-0.05, 0) is 31.9 Å². The number of pyridine rings is 1. The van der Waals surface area contributed by atoms with E-state index >= 15 is 0 Å². The van der Waals surface area contributed by atoms with Gasteiger partial charge in [-0.15, -0.1) is 0 Å². The second-order valence-corrected chi connectivity index (χ2v) is 8.72. The van der Waals surface area contributed by atoms with E-state index in [9.17, 15) is 22.8 Å². The van der Waals surface area contributed by atoms with Gasteiger partial charge in [0.25, 0.3) is 0 Å². The molecule has 3 rings (SSSR count). The molecule has 1 aromatic rings. The lowest BCUT2D eigenvalue weighted by Gasteiger charge is -2.40. The summed E-state index contributed by atoms with van der Waals surface area (Å²) in [5.74, 6) is -2.02. The fourth-order valence-electron chi connectivity index (χ4n) is 3.66. The first-order chi connectivity index (χ1) is 15.5. The molecule has 1 unspecified atom stereocenters. The minimum Gasteiger partial charge on any atom is -0.382 e. The molecule has 11 heteroatoms. The number of halogens is 3. The van der Waals surface area contributed by atoms with E-state index in [-0.39, 0.29) is 31.0 Å². The van der Waals surface area contributed by atoms with Crippen molar-refractivity contribution in [2.24, 2.45) is 5.41 Å². The molecule has 2 fully saturated rings. The molecule has 2 aliphatic rings. The van der Waals surface area contributed by atoms with Gasteiger partial charge in [0.05, 0.1) is 18.8 Å². The number of aromatic nitrogens is 1. The van der Waals surface area contributed by atoms with Crippen LogP contribution in [0.2, 0.25) is 0 Å². The Morgan fingerprint density at radius 3 is 2.67 bits per heavy atom. The van der Waals surface area contributed by atoms with E-state index < -0.39 is 18.3 Å². The van der Waals surface area contributed by atoms with Crippen LogP contribution in [-0.2, 0) is 20.9 Å². The molecule has 1 atom stereocenters. The van der Waals surface area contributed by atoms with Gasteiger partial charge in [0.1, 0.15) is 0 Å². The zero-order valence-corrected chi connectivity index (χ0v) is 19.1. The number of likely N-dealkylation sites (N-methyl/N-ethyl adjacent to an activating group) is 1. The van der Waals surface area contributed by atoms with Crippen molar-refractivity contribution in [2.75, 3.05) is 40.3 Å². The Hall–Kier alpha value is -2.66. The van der Waals surface area contributed by atoms with Crippen LogP contribution in [0.25, 0.3) is 0 Å². The lowest BCUT2D eigenvalue weighted by atomic mass is 10.0. The van der Waals surface area contributed by atoms with E-state index in [4.69, 9.17) is 4.74 Å². The number of alkyl halides is 3. The minimum absolute atomic E-state index is 0.0216. The van der Waals surface area contributed by atoms with Crippen molar-refractivity contribution in [1.29, 1.82) is 0 Å². The van der Waals surface area contributed by atoms with E-state index in [1.807, 2.05) is 25.9 Å². The largest absolute Gasteiger partial charge is 0.471 e. The third-order valence-electron chi connectivity index (χ3n) is 5.71. The highest BCUT2D eigenvalue weighted by molar-refractivity contribution is 5.82. The molecule has 1 N–H and O–H groups in total. The number of nitrogens with one attached hydrogen (secondary N) is 1. The highest BCUT2D eigenvalue weighted by Crippen LogP contribution is 2.51. The van der Waals surface area contributed by atoms with Crippen molar-refractivity contribution in [3.63, 3.8) is 0 Å². The van der Waals surface area contributed by atoms with Crippen LogP contribution >= 0.6 is 0 Å². The highest BCUT2D eigenvalue weighted by Gasteiger charge is 2.54. The molecule has 1 aliphatic carbocycles.